The Hall–Kier alpha value is -4.21. The number of fused-ring (bicyclic) bond motifs is 1. The summed E-state index contributed by atoms with van der Waals surface area (Å²) < 4.78 is 12.4. The Balaban J connectivity index is 1.31. The lowest BCUT2D eigenvalue weighted by Gasteiger charge is -2.01. The van der Waals surface area contributed by atoms with E-state index < -0.39 is 10.8 Å². The highest BCUT2D eigenvalue weighted by atomic mass is 79.9. The van der Waals surface area contributed by atoms with Crippen LogP contribution in [0.3, 0.4) is 0 Å². The van der Waals surface area contributed by atoms with Gasteiger partial charge in [-0.05, 0) is 73.2 Å². The summed E-state index contributed by atoms with van der Waals surface area (Å²) in [5.74, 6) is 0.691. The van der Waals surface area contributed by atoms with Crippen LogP contribution in [0.1, 0.15) is 11.3 Å². The van der Waals surface area contributed by atoms with E-state index in [1.165, 1.54) is 18.2 Å². The summed E-state index contributed by atoms with van der Waals surface area (Å²) in [5.41, 5.74) is 3.37. The van der Waals surface area contributed by atoms with Crippen LogP contribution in [0, 0.1) is 17.0 Å². The average molecular weight is 579 g/mol. The third kappa shape index (κ3) is 5.32. The highest BCUT2D eigenvalue weighted by Crippen LogP contribution is 2.34. The molecule has 5 rings (SSSR count). The monoisotopic (exact) mass is 577 g/mol. The van der Waals surface area contributed by atoms with Gasteiger partial charge in [-0.15, -0.1) is 0 Å². The number of aromatic nitrogens is 1. The lowest BCUT2D eigenvalue weighted by Crippen LogP contribution is -2.07. The standard InChI is InChI=1S/C27H17BrClN3O5/c1-15-2-7-19(23(12-15)32(34)35)24-10-5-18(36-24)6-11-26(33)30-17-4-9-25-22(14-17)31-27(37-25)20-13-16(28)3-8-21(20)29/h2-14H,1H3,(H,30,33)/b11-6+. The number of nitro groups is 1. The molecule has 10 heteroatoms. The molecule has 0 saturated heterocycles. The molecule has 1 amide bonds. The predicted molar refractivity (Wildman–Crippen MR) is 145 cm³/mol. The van der Waals surface area contributed by atoms with Gasteiger partial charge in [-0.3, -0.25) is 14.9 Å². The lowest BCUT2D eigenvalue weighted by molar-refractivity contribution is -0.384. The van der Waals surface area contributed by atoms with Crippen molar-refractivity contribution >= 4 is 62.0 Å². The van der Waals surface area contributed by atoms with E-state index in [1.807, 2.05) is 12.1 Å². The number of nitrogens with zero attached hydrogens (tertiary/aromatic N) is 2. The number of hydrogen-bond acceptors (Lipinski definition) is 6. The highest BCUT2D eigenvalue weighted by molar-refractivity contribution is 9.10. The molecule has 0 aliphatic heterocycles. The van der Waals surface area contributed by atoms with Crippen LogP contribution in [0.4, 0.5) is 11.4 Å². The first-order chi connectivity index (χ1) is 17.8. The number of carbonyl (C=O) groups excluding carboxylic acids is 1. The van der Waals surface area contributed by atoms with Gasteiger partial charge in [-0.2, -0.15) is 0 Å². The quantitative estimate of drug-likeness (QED) is 0.124. The Morgan fingerprint density at radius 1 is 1.05 bits per heavy atom. The fourth-order valence-corrected chi connectivity index (χ4v) is 4.27. The molecule has 0 bridgehead atoms. The van der Waals surface area contributed by atoms with Crippen molar-refractivity contribution in [3.63, 3.8) is 0 Å². The predicted octanol–water partition coefficient (Wildman–Crippen LogP) is 8.04. The van der Waals surface area contributed by atoms with Crippen molar-refractivity contribution in [2.24, 2.45) is 0 Å². The number of rotatable bonds is 6. The normalized spacial score (nSPS) is 11.3. The molecule has 0 atom stereocenters. The third-order valence-electron chi connectivity index (χ3n) is 5.46. The zero-order valence-corrected chi connectivity index (χ0v) is 21.5. The number of carbonyl (C=O) groups is 1. The molecule has 0 radical (unpaired) electrons. The first kappa shape index (κ1) is 24.5. The molecular weight excluding hydrogens is 562 g/mol. The van der Waals surface area contributed by atoms with E-state index in [-0.39, 0.29) is 5.69 Å². The second-order valence-corrected chi connectivity index (χ2v) is 9.45. The summed E-state index contributed by atoms with van der Waals surface area (Å²) in [5, 5.41) is 14.7. The van der Waals surface area contributed by atoms with Crippen molar-refractivity contribution in [2.45, 2.75) is 6.92 Å². The summed E-state index contributed by atoms with van der Waals surface area (Å²) in [4.78, 5) is 27.9. The first-order valence-corrected chi connectivity index (χ1v) is 12.1. The molecule has 184 valence electrons. The molecule has 5 aromatic rings. The molecule has 2 aromatic heterocycles. The fourth-order valence-electron chi connectivity index (χ4n) is 3.71. The topological polar surface area (TPSA) is 111 Å². The number of nitrogens with one attached hydrogen (secondary N) is 1. The van der Waals surface area contributed by atoms with Crippen molar-refractivity contribution in [3.8, 4) is 22.8 Å². The van der Waals surface area contributed by atoms with Crippen LogP contribution in [-0.4, -0.2) is 15.8 Å². The van der Waals surface area contributed by atoms with Crippen LogP contribution in [0.5, 0.6) is 0 Å². The largest absolute Gasteiger partial charge is 0.456 e. The molecule has 2 heterocycles. The second kappa shape index (κ2) is 10.0. The number of amides is 1. The summed E-state index contributed by atoms with van der Waals surface area (Å²) >= 11 is 9.70. The van der Waals surface area contributed by atoms with E-state index in [9.17, 15) is 14.9 Å². The van der Waals surface area contributed by atoms with Crippen LogP contribution in [0.15, 0.2) is 86.1 Å². The minimum atomic E-state index is -0.449. The van der Waals surface area contributed by atoms with Crippen molar-refractivity contribution in [1.29, 1.82) is 0 Å². The fraction of sp³-hybridized carbons (Fsp3) is 0.0370. The van der Waals surface area contributed by atoms with Crippen LogP contribution in [0.25, 0.3) is 40.0 Å². The summed E-state index contributed by atoms with van der Waals surface area (Å²) in [6, 6.07) is 18.7. The van der Waals surface area contributed by atoms with Crippen molar-refractivity contribution in [3.05, 3.63) is 104 Å². The lowest BCUT2D eigenvalue weighted by atomic mass is 10.1. The van der Waals surface area contributed by atoms with Gasteiger partial charge < -0.3 is 14.2 Å². The van der Waals surface area contributed by atoms with Gasteiger partial charge in [0.1, 0.15) is 17.0 Å². The molecule has 8 nitrogen and oxygen atoms in total. The zero-order chi connectivity index (χ0) is 26.1. The number of hydrogen-bond donors (Lipinski definition) is 1. The van der Waals surface area contributed by atoms with Crippen LogP contribution >= 0.6 is 27.5 Å². The maximum atomic E-state index is 12.5. The van der Waals surface area contributed by atoms with Crippen molar-refractivity contribution in [1.82, 2.24) is 4.98 Å². The van der Waals surface area contributed by atoms with E-state index in [2.05, 4.69) is 26.2 Å². The Morgan fingerprint density at radius 2 is 1.89 bits per heavy atom. The Morgan fingerprint density at radius 3 is 2.70 bits per heavy atom. The zero-order valence-electron chi connectivity index (χ0n) is 19.2. The van der Waals surface area contributed by atoms with Crippen LogP contribution in [0.2, 0.25) is 5.02 Å². The van der Waals surface area contributed by atoms with Crippen LogP contribution in [-0.2, 0) is 4.79 Å². The van der Waals surface area contributed by atoms with Gasteiger partial charge >= 0.3 is 0 Å². The van der Waals surface area contributed by atoms with Gasteiger partial charge in [-0.1, -0.05) is 33.6 Å². The SMILES string of the molecule is Cc1ccc(-c2ccc(/C=C/C(=O)Nc3ccc4oc(-c5cc(Br)ccc5Cl)nc4c3)o2)c([N+](=O)[O-])c1. The second-order valence-electron chi connectivity index (χ2n) is 8.13. The maximum Gasteiger partial charge on any atom is 0.280 e. The van der Waals surface area contributed by atoms with E-state index in [1.54, 1.807) is 55.5 Å². The molecule has 0 spiro atoms. The Bertz CT molecular complexity index is 1710. The van der Waals surface area contributed by atoms with Crippen molar-refractivity contribution < 1.29 is 18.6 Å². The van der Waals surface area contributed by atoms with Gasteiger partial charge in [-0.25, -0.2) is 4.98 Å². The number of benzene rings is 3. The number of nitro benzene ring substituents is 1. The highest BCUT2D eigenvalue weighted by Gasteiger charge is 2.18. The molecule has 0 aliphatic carbocycles. The van der Waals surface area contributed by atoms with E-state index in [0.717, 1.165) is 10.0 Å². The molecule has 1 N–H and O–H groups in total. The first-order valence-electron chi connectivity index (χ1n) is 11.0. The molecule has 37 heavy (non-hydrogen) atoms. The third-order valence-corrected chi connectivity index (χ3v) is 6.28. The van der Waals surface area contributed by atoms with E-state index >= 15 is 0 Å². The molecule has 0 fully saturated rings. The minimum absolute atomic E-state index is 0.0452. The molecule has 0 aliphatic rings. The summed E-state index contributed by atoms with van der Waals surface area (Å²) in [6.07, 6.45) is 2.80. The number of halogens is 2. The molecule has 0 unspecified atom stereocenters. The van der Waals surface area contributed by atoms with Crippen LogP contribution < -0.4 is 5.32 Å². The van der Waals surface area contributed by atoms with Gasteiger partial charge in [0, 0.05) is 22.3 Å². The summed E-state index contributed by atoms with van der Waals surface area (Å²) in [6.45, 7) is 1.78. The van der Waals surface area contributed by atoms with Crippen molar-refractivity contribution in [2.75, 3.05) is 5.32 Å². The Labute approximate surface area is 223 Å². The van der Waals surface area contributed by atoms with E-state index in [0.29, 0.717) is 50.3 Å². The molecule has 0 saturated carbocycles. The molecule has 3 aromatic carbocycles. The number of oxazole rings is 1. The number of aryl methyl sites for hydroxylation is 1. The average Bonchev–Trinajstić information content (AvgIpc) is 3.51. The minimum Gasteiger partial charge on any atom is -0.456 e. The summed E-state index contributed by atoms with van der Waals surface area (Å²) in [7, 11) is 0. The molecular formula is C27H17BrClN3O5. The maximum absolute atomic E-state index is 12.5. The van der Waals surface area contributed by atoms with Gasteiger partial charge in [0.2, 0.25) is 11.8 Å². The van der Waals surface area contributed by atoms with Gasteiger partial charge in [0.25, 0.3) is 5.69 Å². The van der Waals surface area contributed by atoms with E-state index in [4.69, 9.17) is 20.4 Å². The Kier molecular flexibility index (Phi) is 6.64. The van der Waals surface area contributed by atoms with Gasteiger partial charge in [0.05, 0.1) is 21.1 Å². The smallest absolute Gasteiger partial charge is 0.280 e. The number of furan rings is 1. The van der Waals surface area contributed by atoms with Gasteiger partial charge in [0.15, 0.2) is 5.58 Å². The number of anilines is 1.